The molecule has 1 saturated heterocycles. The highest BCUT2D eigenvalue weighted by Crippen LogP contribution is 2.36. The number of nitrogens with zero attached hydrogens (tertiary/aromatic N) is 1. The lowest BCUT2D eigenvalue weighted by Gasteiger charge is -2.31. The van der Waals surface area contributed by atoms with E-state index in [0.29, 0.717) is 0 Å². The molecule has 2 aromatic rings. The van der Waals surface area contributed by atoms with Gasteiger partial charge in [0.1, 0.15) is 0 Å². The number of primary amides is 1. The predicted octanol–water partition coefficient (Wildman–Crippen LogP) is 3.52. The largest absolute Gasteiger partial charge is 0.369 e. The molecule has 2 amide bonds. The molecular formula is C24H27N3O2. The van der Waals surface area contributed by atoms with E-state index in [1.54, 1.807) is 0 Å². The third kappa shape index (κ3) is 4.25. The zero-order valence-corrected chi connectivity index (χ0v) is 16.7. The van der Waals surface area contributed by atoms with Crippen molar-refractivity contribution in [2.24, 2.45) is 11.7 Å². The summed E-state index contributed by atoms with van der Waals surface area (Å²) >= 11 is 0. The summed E-state index contributed by atoms with van der Waals surface area (Å²) in [7, 11) is 0. The molecule has 2 aliphatic rings. The first-order valence-corrected chi connectivity index (χ1v) is 10.2. The van der Waals surface area contributed by atoms with Gasteiger partial charge in [-0.25, -0.2) is 0 Å². The Morgan fingerprint density at radius 3 is 2.62 bits per heavy atom. The molecule has 1 aliphatic heterocycles. The summed E-state index contributed by atoms with van der Waals surface area (Å²) in [5.41, 5.74) is 10.5. The van der Waals surface area contributed by atoms with E-state index >= 15 is 0 Å². The monoisotopic (exact) mass is 389 g/mol. The fourth-order valence-corrected chi connectivity index (χ4v) is 4.35. The molecule has 0 spiro atoms. The van der Waals surface area contributed by atoms with Gasteiger partial charge in [0, 0.05) is 30.3 Å². The van der Waals surface area contributed by atoms with Crippen molar-refractivity contribution in [3.63, 3.8) is 0 Å². The Balaban J connectivity index is 1.36. The lowest BCUT2D eigenvalue weighted by atomic mass is 9.97. The van der Waals surface area contributed by atoms with Gasteiger partial charge in [-0.3, -0.25) is 14.5 Å². The molecule has 1 aliphatic carbocycles. The summed E-state index contributed by atoms with van der Waals surface area (Å²) in [4.78, 5) is 26.5. The van der Waals surface area contributed by atoms with Crippen LogP contribution in [0.3, 0.4) is 0 Å². The normalized spacial score (nSPS) is 21.3. The molecule has 4 rings (SSSR count). The number of carbonyl (C=O) groups is 2. The number of nitrogens with one attached hydrogen (secondary N) is 1. The van der Waals surface area contributed by atoms with Crippen molar-refractivity contribution in [2.75, 3.05) is 18.4 Å². The van der Waals surface area contributed by atoms with Crippen LogP contribution in [0.15, 0.2) is 54.1 Å². The van der Waals surface area contributed by atoms with Crippen LogP contribution in [0.1, 0.15) is 42.4 Å². The lowest BCUT2D eigenvalue weighted by molar-refractivity contribution is -0.123. The highest BCUT2D eigenvalue weighted by atomic mass is 16.2. The minimum absolute atomic E-state index is 0.0480. The maximum absolute atomic E-state index is 12.8. The van der Waals surface area contributed by atoms with Crippen molar-refractivity contribution in [1.82, 2.24) is 4.90 Å². The topological polar surface area (TPSA) is 75.4 Å². The third-order valence-electron chi connectivity index (χ3n) is 6.03. The first-order chi connectivity index (χ1) is 14.0. The molecule has 2 atom stereocenters. The minimum Gasteiger partial charge on any atom is -0.369 e. The van der Waals surface area contributed by atoms with Gasteiger partial charge in [-0.15, -0.1) is 0 Å². The van der Waals surface area contributed by atoms with Crippen molar-refractivity contribution in [2.45, 2.75) is 32.2 Å². The van der Waals surface area contributed by atoms with Gasteiger partial charge in [0.15, 0.2) is 0 Å². The molecule has 3 N–H and O–H groups in total. The minimum atomic E-state index is -0.203. The zero-order valence-electron chi connectivity index (χ0n) is 16.7. The highest BCUT2D eigenvalue weighted by Gasteiger charge is 2.26. The molecule has 0 radical (unpaired) electrons. The van der Waals surface area contributed by atoms with Crippen LogP contribution in [-0.4, -0.2) is 29.8 Å². The molecule has 1 heterocycles. The quantitative estimate of drug-likeness (QED) is 0.821. The van der Waals surface area contributed by atoms with Crippen molar-refractivity contribution in [3.8, 4) is 0 Å². The van der Waals surface area contributed by atoms with Crippen LogP contribution in [0.2, 0.25) is 0 Å². The first kappa shape index (κ1) is 19.4. The van der Waals surface area contributed by atoms with Crippen LogP contribution in [0.5, 0.6) is 0 Å². The molecule has 2 unspecified atom stereocenters. The van der Waals surface area contributed by atoms with Crippen molar-refractivity contribution < 1.29 is 9.59 Å². The SMILES string of the molecule is CC1C(C(=O)Nc2ccc(CN3CCCC(C(N)=O)C3)cc2)=Cc2ccccc21. The van der Waals surface area contributed by atoms with E-state index in [2.05, 4.69) is 23.2 Å². The molecule has 5 heteroatoms. The van der Waals surface area contributed by atoms with Gasteiger partial charge in [0.2, 0.25) is 5.91 Å². The van der Waals surface area contributed by atoms with E-state index in [0.717, 1.165) is 54.9 Å². The van der Waals surface area contributed by atoms with Crippen molar-refractivity contribution in [3.05, 3.63) is 70.8 Å². The van der Waals surface area contributed by atoms with Gasteiger partial charge in [-0.05, 0) is 54.3 Å². The van der Waals surface area contributed by atoms with Gasteiger partial charge in [-0.2, -0.15) is 0 Å². The average molecular weight is 389 g/mol. The van der Waals surface area contributed by atoms with E-state index in [1.165, 1.54) is 5.56 Å². The number of likely N-dealkylation sites (tertiary alicyclic amines) is 1. The maximum Gasteiger partial charge on any atom is 0.252 e. The van der Waals surface area contributed by atoms with Crippen LogP contribution in [-0.2, 0) is 16.1 Å². The summed E-state index contributed by atoms with van der Waals surface area (Å²) < 4.78 is 0. The number of anilines is 1. The number of amides is 2. The van der Waals surface area contributed by atoms with Gasteiger partial charge in [-0.1, -0.05) is 43.3 Å². The molecule has 1 fully saturated rings. The fraction of sp³-hybridized carbons (Fsp3) is 0.333. The summed E-state index contributed by atoms with van der Waals surface area (Å²) in [5.74, 6) is -0.206. The van der Waals surface area contributed by atoms with Crippen LogP contribution >= 0.6 is 0 Å². The van der Waals surface area contributed by atoms with Crippen LogP contribution in [0.4, 0.5) is 5.69 Å². The third-order valence-corrected chi connectivity index (χ3v) is 6.03. The Labute approximate surface area is 171 Å². The van der Waals surface area contributed by atoms with E-state index in [4.69, 9.17) is 5.73 Å². The Morgan fingerprint density at radius 1 is 1.14 bits per heavy atom. The van der Waals surface area contributed by atoms with Crippen molar-refractivity contribution in [1.29, 1.82) is 0 Å². The molecule has 150 valence electrons. The van der Waals surface area contributed by atoms with Gasteiger partial charge in [0.25, 0.3) is 5.91 Å². The first-order valence-electron chi connectivity index (χ1n) is 10.2. The van der Waals surface area contributed by atoms with Crippen LogP contribution in [0.25, 0.3) is 6.08 Å². The molecule has 0 aromatic heterocycles. The van der Waals surface area contributed by atoms with Gasteiger partial charge >= 0.3 is 0 Å². The smallest absolute Gasteiger partial charge is 0.252 e. The summed E-state index contributed by atoms with van der Waals surface area (Å²) in [5, 5.41) is 3.02. The predicted molar refractivity (Wildman–Crippen MR) is 115 cm³/mol. The van der Waals surface area contributed by atoms with E-state index in [1.807, 2.05) is 48.5 Å². The Bertz CT molecular complexity index is 949. The summed E-state index contributed by atoms with van der Waals surface area (Å²) in [6, 6.07) is 16.1. The molecule has 0 bridgehead atoms. The Morgan fingerprint density at radius 2 is 1.90 bits per heavy atom. The number of hydrogen-bond donors (Lipinski definition) is 2. The van der Waals surface area contributed by atoms with Crippen LogP contribution < -0.4 is 11.1 Å². The van der Waals surface area contributed by atoms with E-state index < -0.39 is 0 Å². The van der Waals surface area contributed by atoms with E-state index in [-0.39, 0.29) is 23.7 Å². The standard InChI is InChI=1S/C24H27N3O2/c1-16-21-7-3-2-5-18(21)13-22(16)24(29)26-20-10-8-17(9-11-20)14-27-12-4-6-19(15-27)23(25)28/h2-3,5,7-11,13,16,19H,4,6,12,14-15H2,1H3,(H2,25,28)(H,26,29). The molecule has 0 saturated carbocycles. The Hall–Kier alpha value is -2.92. The number of fused-ring (bicyclic) bond motifs is 1. The molecular weight excluding hydrogens is 362 g/mol. The number of nitrogens with two attached hydrogens (primary N) is 1. The summed E-state index contributed by atoms with van der Waals surface area (Å²) in [6.07, 6.45) is 3.86. The number of rotatable bonds is 5. The number of carbonyl (C=O) groups excluding carboxylic acids is 2. The second-order valence-corrected chi connectivity index (χ2v) is 8.08. The van der Waals surface area contributed by atoms with Gasteiger partial charge in [0.05, 0.1) is 5.92 Å². The lowest BCUT2D eigenvalue weighted by Crippen LogP contribution is -2.40. The van der Waals surface area contributed by atoms with E-state index in [9.17, 15) is 9.59 Å². The van der Waals surface area contributed by atoms with Crippen LogP contribution in [0, 0.1) is 5.92 Å². The average Bonchev–Trinajstić information content (AvgIpc) is 3.07. The maximum atomic E-state index is 12.8. The summed E-state index contributed by atoms with van der Waals surface area (Å²) in [6.45, 7) is 4.56. The van der Waals surface area contributed by atoms with Gasteiger partial charge < -0.3 is 11.1 Å². The zero-order chi connectivity index (χ0) is 20.4. The second-order valence-electron chi connectivity index (χ2n) is 8.08. The van der Waals surface area contributed by atoms with Crippen molar-refractivity contribution >= 4 is 23.6 Å². The fourth-order valence-electron chi connectivity index (χ4n) is 4.35. The highest BCUT2D eigenvalue weighted by molar-refractivity contribution is 6.09. The Kier molecular flexibility index (Phi) is 5.49. The molecule has 2 aromatic carbocycles. The number of benzene rings is 2. The second kappa shape index (κ2) is 8.21. The number of hydrogen-bond acceptors (Lipinski definition) is 3. The number of piperidine rings is 1. The molecule has 5 nitrogen and oxygen atoms in total. The molecule has 29 heavy (non-hydrogen) atoms.